The summed E-state index contributed by atoms with van der Waals surface area (Å²) in [6.45, 7) is 14.2. The van der Waals surface area contributed by atoms with E-state index >= 15 is 0 Å². The van der Waals surface area contributed by atoms with Gasteiger partial charge < -0.3 is 0 Å². The number of rotatable bonds is 7. The quantitative estimate of drug-likeness (QED) is 0.150. The van der Waals surface area contributed by atoms with E-state index in [9.17, 15) is 0 Å². The maximum atomic E-state index is 4.35. The van der Waals surface area contributed by atoms with Gasteiger partial charge in [-0.2, -0.15) is 0 Å². The summed E-state index contributed by atoms with van der Waals surface area (Å²) in [4.78, 5) is 45.4. The third-order valence-corrected chi connectivity index (χ3v) is 14.0. The van der Waals surface area contributed by atoms with Gasteiger partial charge in [-0.15, -0.1) is 0 Å². The molecule has 7 aromatic carbocycles. The Bertz CT molecular complexity index is 3730. The van der Waals surface area contributed by atoms with Crippen LogP contribution in [0.15, 0.2) is 317 Å². The van der Waals surface area contributed by atoms with Crippen molar-refractivity contribution in [1.29, 1.82) is 0 Å². The summed E-state index contributed by atoms with van der Waals surface area (Å²) < 4.78 is 0. The Hall–Kier alpha value is -11.7. The molecule has 14 rings (SSSR count). The van der Waals surface area contributed by atoms with Crippen molar-refractivity contribution in [3.63, 3.8) is 0 Å². The van der Waals surface area contributed by atoms with Gasteiger partial charge in [0.2, 0.25) is 0 Å². The van der Waals surface area contributed by atoms with Crippen LogP contribution in [-0.2, 0) is 0 Å². The first-order valence-electron chi connectivity index (χ1n) is 29.8. The lowest BCUT2D eigenvalue weighted by molar-refractivity contribution is 0.983. The number of hydrogen-bond donors (Lipinski definition) is 0. The highest BCUT2D eigenvalue weighted by molar-refractivity contribution is 5.69. The van der Waals surface area contributed by atoms with Crippen LogP contribution in [-0.4, -0.2) is 54.8 Å². The third kappa shape index (κ3) is 20.7. The van der Waals surface area contributed by atoms with Crippen LogP contribution in [0.25, 0.3) is 78.4 Å². The topological polar surface area (TPSA) is 142 Å². The molecule has 0 aliphatic carbocycles. The summed E-state index contributed by atoms with van der Waals surface area (Å²) >= 11 is 0. The van der Waals surface area contributed by atoms with E-state index in [0.29, 0.717) is 0 Å². The standard InChI is InChI=1S/4C12H11N.2C11H10N2.C10H9N3/c1-10-6-5-9-13-12(10)11-7-3-2-4-8-11;1-10-12(8-5-9-13-10)11-6-3-2-4-7-11;1-10-9-13-8-7-12(10)11-5-3-2-4-6-11;1-10-7-8-13-9-12(10)11-5-3-2-4-6-11;1-9-11(7-12-8-13-9)10-5-3-2-4-6-10;1-9-7-12-8-13-11(9)10-5-3-2-4-6-10;1-8-11-7-12-10(13-8)9-5-3-2-4-6-9/h4*2-9H,1H3;2*2-8H,1H3;2-7H,1H3. The Balaban J connectivity index is 0.000000137. The molecule has 0 saturated heterocycles. The van der Waals surface area contributed by atoms with Crippen molar-refractivity contribution in [1.82, 2.24) is 54.8 Å². The molecule has 0 aliphatic rings. The molecule has 14 aromatic rings. The highest BCUT2D eigenvalue weighted by atomic mass is 15.0. The van der Waals surface area contributed by atoms with Crippen molar-refractivity contribution in [3.8, 4) is 78.4 Å². The second-order valence-corrected chi connectivity index (χ2v) is 20.7. The van der Waals surface area contributed by atoms with Crippen molar-refractivity contribution >= 4 is 0 Å². The molecule has 0 unspecified atom stereocenters. The molecule has 91 heavy (non-hydrogen) atoms. The van der Waals surface area contributed by atoms with Gasteiger partial charge in [0, 0.05) is 94.3 Å². The van der Waals surface area contributed by atoms with Gasteiger partial charge in [-0.1, -0.05) is 224 Å². The maximum absolute atomic E-state index is 4.35. The second kappa shape index (κ2) is 35.8. The largest absolute Gasteiger partial charge is 0.264 e. The van der Waals surface area contributed by atoms with Gasteiger partial charge in [0.25, 0.3) is 0 Å². The zero-order valence-electron chi connectivity index (χ0n) is 52.4. The van der Waals surface area contributed by atoms with Crippen molar-refractivity contribution in [2.75, 3.05) is 0 Å². The summed E-state index contributed by atoms with van der Waals surface area (Å²) in [6, 6.07) is 83.5. The first kappa shape index (κ1) is 65.3. The highest BCUT2D eigenvalue weighted by Crippen LogP contribution is 2.25. The van der Waals surface area contributed by atoms with Crippen molar-refractivity contribution in [2.24, 2.45) is 0 Å². The lowest BCUT2D eigenvalue weighted by atomic mass is 10.0. The molecule has 0 amide bonds. The average molecular weight is 1190 g/mol. The molecule has 0 aliphatic heterocycles. The van der Waals surface area contributed by atoms with Gasteiger partial charge in [-0.05, 0) is 123 Å². The predicted octanol–water partition coefficient (Wildman–Crippen LogP) is 19.0. The minimum atomic E-state index is 0.730. The van der Waals surface area contributed by atoms with Crippen LogP contribution in [0.1, 0.15) is 39.5 Å². The van der Waals surface area contributed by atoms with E-state index in [1.807, 2.05) is 229 Å². The highest BCUT2D eigenvalue weighted by Gasteiger charge is 2.05. The first-order valence-corrected chi connectivity index (χ1v) is 29.8. The molecule has 11 nitrogen and oxygen atoms in total. The Kier molecular flexibility index (Phi) is 25.7. The molecule has 448 valence electrons. The lowest BCUT2D eigenvalue weighted by Gasteiger charge is -2.03. The molecule has 11 heteroatoms. The molecule has 0 bridgehead atoms. The van der Waals surface area contributed by atoms with Crippen LogP contribution in [0, 0.1) is 48.5 Å². The fourth-order valence-corrected chi connectivity index (χ4v) is 9.28. The number of nitrogens with zero attached hydrogens (tertiary/aromatic N) is 11. The summed E-state index contributed by atoms with van der Waals surface area (Å²) in [5.74, 6) is 1.47. The van der Waals surface area contributed by atoms with Crippen LogP contribution in [0.3, 0.4) is 0 Å². The molecule has 7 heterocycles. The van der Waals surface area contributed by atoms with E-state index in [1.54, 1.807) is 12.7 Å². The van der Waals surface area contributed by atoms with E-state index in [0.717, 1.165) is 56.7 Å². The smallest absolute Gasteiger partial charge is 0.162 e. The molecule has 0 atom stereocenters. The molecule has 0 fully saturated rings. The SMILES string of the molecule is Cc1cccnc1-c1ccccc1.Cc1ccncc1-c1ccccc1.Cc1cnccc1-c1ccccc1.Cc1cncnc1-c1ccccc1.Cc1ncccc1-c1ccccc1.Cc1ncnc(-c2ccccc2)n1.Cc1ncncc1-c1ccccc1. The van der Waals surface area contributed by atoms with E-state index in [1.165, 1.54) is 67.5 Å². The fraction of sp³-hybridized carbons (Fsp3) is 0.0875. The number of aryl methyl sites for hydroxylation is 7. The van der Waals surface area contributed by atoms with E-state index in [-0.39, 0.29) is 0 Å². The molecule has 0 saturated carbocycles. The minimum absolute atomic E-state index is 0.730. The molecule has 0 spiro atoms. The zero-order chi connectivity index (χ0) is 63.7. The number of hydrogen-bond acceptors (Lipinski definition) is 11. The average Bonchev–Trinajstić information content (AvgIpc) is 3.80. The van der Waals surface area contributed by atoms with Gasteiger partial charge in [0.15, 0.2) is 5.82 Å². The van der Waals surface area contributed by atoms with Gasteiger partial charge in [0.05, 0.1) is 11.4 Å². The van der Waals surface area contributed by atoms with Gasteiger partial charge in [-0.3, -0.25) is 19.9 Å². The number of aromatic nitrogens is 11. The third-order valence-electron chi connectivity index (χ3n) is 14.0. The normalized spacial score (nSPS) is 9.92. The van der Waals surface area contributed by atoms with Crippen LogP contribution in [0.2, 0.25) is 0 Å². The molecular weight excluding hydrogens is 1110 g/mol. The minimum Gasteiger partial charge on any atom is -0.264 e. The summed E-state index contributed by atoms with van der Waals surface area (Å²) in [5.41, 5.74) is 22.0. The molecular formula is C80H73N11. The van der Waals surface area contributed by atoms with Gasteiger partial charge in [0.1, 0.15) is 24.8 Å². The molecule has 7 aromatic heterocycles. The molecule has 0 N–H and O–H groups in total. The van der Waals surface area contributed by atoms with Crippen LogP contribution in [0.4, 0.5) is 0 Å². The first-order chi connectivity index (χ1) is 44.6. The predicted molar refractivity (Wildman–Crippen MR) is 372 cm³/mol. The van der Waals surface area contributed by atoms with Crippen molar-refractivity contribution in [3.05, 3.63) is 357 Å². The second-order valence-electron chi connectivity index (χ2n) is 20.7. The van der Waals surface area contributed by atoms with E-state index in [4.69, 9.17) is 0 Å². The Morgan fingerprint density at radius 2 is 0.637 bits per heavy atom. The Morgan fingerprint density at radius 1 is 0.220 bits per heavy atom. The summed E-state index contributed by atoms with van der Waals surface area (Å²) in [5, 5.41) is 0. The van der Waals surface area contributed by atoms with E-state index < -0.39 is 0 Å². The van der Waals surface area contributed by atoms with Crippen LogP contribution >= 0.6 is 0 Å². The van der Waals surface area contributed by atoms with Gasteiger partial charge in [-0.25, -0.2) is 34.9 Å². The fourth-order valence-electron chi connectivity index (χ4n) is 9.28. The van der Waals surface area contributed by atoms with Crippen molar-refractivity contribution < 1.29 is 0 Å². The van der Waals surface area contributed by atoms with Crippen LogP contribution < -0.4 is 0 Å². The monoisotopic (exact) mass is 1190 g/mol. The van der Waals surface area contributed by atoms with Crippen LogP contribution in [0.5, 0.6) is 0 Å². The zero-order valence-corrected chi connectivity index (χ0v) is 52.4. The Labute approximate surface area is 535 Å². The van der Waals surface area contributed by atoms with Gasteiger partial charge >= 0.3 is 0 Å². The van der Waals surface area contributed by atoms with E-state index in [2.05, 4.69) is 173 Å². The Morgan fingerprint density at radius 3 is 1.14 bits per heavy atom. The lowest BCUT2D eigenvalue weighted by Crippen LogP contribution is -1.93. The number of benzene rings is 7. The summed E-state index contributed by atoms with van der Waals surface area (Å²) in [7, 11) is 0. The summed E-state index contributed by atoms with van der Waals surface area (Å²) in [6.07, 6.45) is 19.5. The maximum Gasteiger partial charge on any atom is 0.162 e. The number of pyridine rings is 4. The molecule has 0 radical (unpaired) electrons. The van der Waals surface area contributed by atoms with Crippen molar-refractivity contribution in [2.45, 2.75) is 48.5 Å².